The number of methoxy groups -OCH3 is 1. The van der Waals surface area contributed by atoms with Crippen molar-refractivity contribution in [2.24, 2.45) is 7.05 Å². The van der Waals surface area contributed by atoms with Crippen LogP contribution in [0.25, 0.3) is 16.9 Å². The molecular weight excluding hydrogens is 411 g/mol. The van der Waals surface area contributed by atoms with Crippen LogP contribution in [0.2, 0.25) is 0 Å². The summed E-state index contributed by atoms with van der Waals surface area (Å²) in [5.41, 5.74) is 3.20. The molecule has 0 radical (unpaired) electrons. The van der Waals surface area contributed by atoms with Gasteiger partial charge in [0, 0.05) is 36.4 Å². The minimum absolute atomic E-state index is 0.0416. The van der Waals surface area contributed by atoms with Crippen molar-refractivity contribution in [3.63, 3.8) is 0 Å². The van der Waals surface area contributed by atoms with Gasteiger partial charge in [-0.05, 0) is 37.6 Å². The molecule has 32 heavy (non-hydrogen) atoms. The van der Waals surface area contributed by atoms with Gasteiger partial charge >= 0.3 is 0 Å². The fourth-order valence-corrected chi connectivity index (χ4v) is 3.64. The Labute approximate surface area is 184 Å². The van der Waals surface area contributed by atoms with Crippen molar-refractivity contribution >= 4 is 17.2 Å². The van der Waals surface area contributed by atoms with E-state index in [0.717, 1.165) is 11.3 Å². The Morgan fingerprint density at radius 2 is 1.94 bits per heavy atom. The van der Waals surface area contributed by atoms with E-state index in [0.29, 0.717) is 22.7 Å². The Hall–Kier alpha value is -3.94. The van der Waals surface area contributed by atoms with Crippen LogP contribution in [0.15, 0.2) is 59.4 Å². The number of para-hydroxylation sites is 1. The van der Waals surface area contributed by atoms with Crippen LogP contribution in [0, 0.1) is 12.7 Å². The van der Waals surface area contributed by atoms with Crippen molar-refractivity contribution in [1.29, 1.82) is 0 Å². The number of benzene rings is 2. The number of hydrogen-bond donors (Lipinski definition) is 1. The third-order valence-electron chi connectivity index (χ3n) is 5.54. The fraction of sp³-hybridized carbons (Fsp3) is 0.208. The molecule has 2 heterocycles. The number of nitrogens with one attached hydrogen (secondary N) is 1. The van der Waals surface area contributed by atoms with Crippen LogP contribution in [0.1, 0.15) is 17.7 Å². The Kier molecular flexibility index (Phi) is 5.77. The van der Waals surface area contributed by atoms with Gasteiger partial charge in [0.1, 0.15) is 17.2 Å². The van der Waals surface area contributed by atoms with Crippen molar-refractivity contribution < 1.29 is 13.9 Å². The highest BCUT2D eigenvalue weighted by molar-refractivity contribution is 5.90. The number of amides is 1. The van der Waals surface area contributed by atoms with Crippen LogP contribution in [-0.4, -0.2) is 27.2 Å². The molecule has 4 rings (SSSR count). The highest BCUT2D eigenvalue weighted by Crippen LogP contribution is 2.24. The number of rotatable bonds is 6. The predicted molar refractivity (Wildman–Crippen MR) is 121 cm³/mol. The number of nitrogens with zero attached hydrogens (tertiary/aromatic N) is 3. The molecule has 0 aliphatic heterocycles. The van der Waals surface area contributed by atoms with Crippen LogP contribution in [-0.2, 0) is 18.3 Å². The van der Waals surface area contributed by atoms with E-state index in [1.165, 1.54) is 16.6 Å². The normalized spacial score (nSPS) is 11.0. The Bertz CT molecular complexity index is 1370. The van der Waals surface area contributed by atoms with E-state index in [4.69, 9.17) is 4.74 Å². The lowest BCUT2D eigenvalue weighted by molar-refractivity contribution is -0.116. The second-order valence-electron chi connectivity index (χ2n) is 7.49. The number of hydrogen-bond acceptors (Lipinski definition) is 4. The topological polar surface area (TPSA) is 77.6 Å². The molecular formula is C24H23FN4O3. The van der Waals surface area contributed by atoms with Gasteiger partial charge in [-0.25, -0.2) is 4.39 Å². The maximum absolute atomic E-state index is 13.8. The number of aromatic nitrogens is 3. The molecule has 1 amide bonds. The monoisotopic (exact) mass is 434 g/mol. The first-order valence-corrected chi connectivity index (χ1v) is 10.2. The highest BCUT2D eigenvalue weighted by atomic mass is 19.1. The van der Waals surface area contributed by atoms with Crippen molar-refractivity contribution in [2.75, 3.05) is 12.4 Å². The van der Waals surface area contributed by atoms with Gasteiger partial charge < -0.3 is 14.6 Å². The summed E-state index contributed by atoms with van der Waals surface area (Å²) in [4.78, 5) is 25.5. The molecule has 164 valence electrons. The lowest BCUT2D eigenvalue weighted by Gasteiger charge is -2.12. The summed E-state index contributed by atoms with van der Waals surface area (Å²) in [5, 5.41) is 7.06. The highest BCUT2D eigenvalue weighted by Gasteiger charge is 2.17. The largest absolute Gasteiger partial charge is 0.497 e. The number of fused-ring (bicyclic) bond motifs is 1. The number of carbonyl (C=O) groups excluding carboxylic acids is 1. The molecule has 0 bridgehead atoms. The Morgan fingerprint density at radius 3 is 2.69 bits per heavy atom. The number of carbonyl (C=O) groups is 1. The molecule has 8 heteroatoms. The molecule has 2 aromatic heterocycles. The summed E-state index contributed by atoms with van der Waals surface area (Å²) in [6.07, 6.45) is 0.253. The lowest BCUT2D eigenvalue weighted by atomic mass is 10.1. The summed E-state index contributed by atoms with van der Waals surface area (Å²) < 4.78 is 22.3. The minimum Gasteiger partial charge on any atom is -0.497 e. The quantitative estimate of drug-likeness (QED) is 0.502. The van der Waals surface area contributed by atoms with Crippen molar-refractivity contribution in [1.82, 2.24) is 14.2 Å². The molecule has 2 aromatic carbocycles. The van der Waals surface area contributed by atoms with E-state index in [9.17, 15) is 14.0 Å². The molecule has 0 fully saturated rings. The van der Waals surface area contributed by atoms with E-state index in [-0.39, 0.29) is 30.0 Å². The molecule has 4 aromatic rings. The van der Waals surface area contributed by atoms with Gasteiger partial charge in [-0.15, -0.1) is 0 Å². The lowest BCUT2D eigenvalue weighted by Crippen LogP contribution is -2.26. The smallest absolute Gasteiger partial charge is 0.277 e. The van der Waals surface area contributed by atoms with Crippen LogP contribution in [0.4, 0.5) is 10.1 Å². The van der Waals surface area contributed by atoms with Gasteiger partial charge in [-0.3, -0.25) is 9.59 Å². The average molecular weight is 434 g/mol. The van der Waals surface area contributed by atoms with Gasteiger partial charge in [0.15, 0.2) is 0 Å². The number of halogens is 1. The standard InChI is InChI=1S/C24H23FN4O3/c1-15-18(11-12-22(30)26-20-10-5-4-9-19(20)25)24(31)29-23(28(15)2)14-21(27-29)16-7-6-8-17(13-16)32-3/h4-10,13-14H,11-12H2,1-3H3,(H,26,30). The van der Waals surface area contributed by atoms with Gasteiger partial charge in [-0.1, -0.05) is 24.3 Å². The van der Waals surface area contributed by atoms with Crippen LogP contribution in [0.5, 0.6) is 5.75 Å². The van der Waals surface area contributed by atoms with Gasteiger partial charge in [0.05, 0.1) is 18.5 Å². The maximum Gasteiger partial charge on any atom is 0.277 e. The van der Waals surface area contributed by atoms with Crippen molar-refractivity contribution in [2.45, 2.75) is 19.8 Å². The summed E-state index contributed by atoms with van der Waals surface area (Å²) in [7, 11) is 3.44. The third-order valence-corrected chi connectivity index (χ3v) is 5.54. The van der Waals surface area contributed by atoms with Crippen molar-refractivity contribution in [3.8, 4) is 17.0 Å². The SMILES string of the molecule is COc1cccc(-c2cc3n(C)c(C)c(CCC(=O)Nc4ccccc4F)c(=O)n3n2)c1. The zero-order chi connectivity index (χ0) is 22.8. The minimum atomic E-state index is -0.504. The average Bonchev–Trinajstić information content (AvgIpc) is 3.25. The Morgan fingerprint density at radius 1 is 1.16 bits per heavy atom. The second kappa shape index (κ2) is 8.66. The second-order valence-corrected chi connectivity index (χ2v) is 7.49. The fourth-order valence-electron chi connectivity index (χ4n) is 3.64. The van der Waals surface area contributed by atoms with Gasteiger partial charge in [-0.2, -0.15) is 9.61 Å². The number of anilines is 1. The first-order valence-electron chi connectivity index (χ1n) is 10.2. The third kappa shape index (κ3) is 3.99. The maximum atomic E-state index is 13.8. The zero-order valence-corrected chi connectivity index (χ0v) is 18.1. The van der Waals surface area contributed by atoms with Crippen LogP contribution >= 0.6 is 0 Å². The van der Waals surface area contributed by atoms with E-state index < -0.39 is 5.82 Å². The van der Waals surface area contributed by atoms with Crippen molar-refractivity contribution in [3.05, 3.63) is 82.0 Å². The molecule has 0 atom stereocenters. The number of aryl methyl sites for hydroxylation is 1. The number of ether oxygens (including phenoxy) is 1. The molecule has 1 N–H and O–H groups in total. The van der Waals surface area contributed by atoms with E-state index in [2.05, 4.69) is 10.4 Å². The van der Waals surface area contributed by atoms with E-state index in [1.807, 2.05) is 48.9 Å². The van der Waals surface area contributed by atoms with E-state index in [1.54, 1.807) is 19.2 Å². The molecule has 0 aliphatic rings. The van der Waals surface area contributed by atoms with Crippen LogP contribution < -0.4 is 15.6 Å². The van der Waals surface area contributed by atoms with Crippen LogP contribution in [0.3, 0.4) is 0 Å². The molecule has 0 unspecified atom stereocenters. The molecule has 0 spiro atoms. The van der Waals surface area contributed by atoms with Gasteiger partial charge in [0.25, 0.3) is 5.56 Å². The zero-order valence-electron chi connectivity index (χ0n) is 18.1. The summed E-state index contributed by atoms with van der Waals surface area (Å²) in [6.45, 7) is 1.84. The molecule has 0 aliphatic carbocycles. The molecule has 0 saturated carbocycles. The molecule has 7 nitrogen and oxygen atoms in total. The summed E-state index contributed by atoms with van der Waals surface area (Å²) in [5.74, 6) is -0.172. The first-order chi connectivity index (χ1) is 15.4. The summed E-state index contributed by atoms with van der Waals surface area (Å²) in [6, 6.07) is 15.3. The summed E-state index contributed by atoms with van der Waals surface area (Å²) >= 11 is 0. The van der Waals surface area contributed by atoms with E-state index >= 15 is 0 Å². The molecule has 0 saturated heterocycles. The first kappa shape index (κ1) is 21.3. The van der Waals surface area contributed by atoms with Gasteiger partial charge in [0.2, 0.25) is 5.91 Å². The Balaban J connectivity index is 1.63. The predicted octanol–water partition coefficient (Wildman–Crippen LogP) is 3.73.